The zero-order chi connectivity index (χ0) is 17.1. The van der Waals surface area contributed by atoms with Gasteiger partial charge in [0.1, 0.15) is 16.9 Å². The topological polar surface area (TPSA) is 95.5 Å². The molecule has 1 fully saturated rings. The molecule has 0 bridgehead atoms. The molecule has 0 unspecified atom stereocenters. The van der Waals surface area contributed by atoms with E-state index >= 15 is 0 Å². The van der Waals surface area contributed by atoms with E-state index in [0.717, 1.165) is 49.5 Å². The van der Waals surface area contributed by atoms with Crippen molar-refractivity contribution >= 4 is 23.5 Å². The van der Waals surface area contributed by atoms with Crippen LogP contribution in [0.2, 0.25) is 0 Å². The number of carbonyl (C=O) groups is 1. The average molecular weight is 347 g/mol. The number of thioether (sulfide) groups is 1. The number of hydrogen-bond donors (Lipinski definition) is 1. The molecule has 3 heterocycles. The van der Waals surface area contributed by atoms with E-state index in [4.69, 9.17) is 15.5 Å². The molecule has 1 aromatic heterocycles. The predicted molar refractivity (Wildman–Crippen MR) is 91.9 cm³/mol. The third-order valence-electron chi connectivity index (χ3n) is 4.30. The van der Waals surface area contributed by atoms with Crippen molar-refractivity contribution in [2.45, 2.75) is 18.0 Å². The van der Waals surface area contributed by atoms with Crippen molar-refractivity contribution < 1.29 is 9.53 Å². The van der Waals surface area contributed by atoms with Crippen LogP contribution in [0, 0.1) is 11.3 Å². The molecule has 8 heteroatoms. The first-order valence-corrected chi connectivity index (χ1v) is 8.97. The van der Waals surface area contributed by atoms with E-state index in [-0.39, 0.29) is 5.75 Å². The van der Waals surface area contributed by atoms with Gasteiger partial charge in [0.2, 0.25) is 5.91 Å². The summed E-state index contributed by atoms with van der Waals surface area (Å²) in [4.78, 5) is 20.4. The molecule has 2 aliphatic heterocycles. The Bertz CT molecular complexity index is 682. The Kier molecular flexibility index (Phi) is 5.23. The Balaban J connectivity index is 2.06. The second-order valence-corrected chi connectivity index (χ2v) is 6.99. The van der Waals surface area contributed by atoms with Crippen LogP contribution < -0.4 is 10.6 Å². The van der Waals surface area contributed by atoms with Gasteiger partial charge in [0.15, 0.2) is 0 Å². The van der Waals surface area contributed by atoms with E-state index < -0.39 is 5.91 Å². The lowest BCUT2D eigenvalue weighted by molar-refractivity contribution is -0.115. The number of ether oxygens (including phenoxy) is 1. The smallest absolute Gasteiger partial charge is 0.227 e. The third kappa shape index (κ3) is 3.48. The molecule has 3 rings (SSSR count). The largest absolute Gasteiger partial charge is 0.378 e. The fourth-order valence-corrected chi connectivity index (χ4v) is 3.87. The summed E-state index contributed by atoms with van der Waals surface area (Å²) in [6.45, 7) is 4.62. The van der Waals surface area contributed by atoms with Gasteiger partial charge in [0, 0.05) is 31.7 Å². The van der Waals surface area contributed by atoms with E-state index in [1.165, 1.54) is 11.8 Å². The van der Waals surface area contributed by atoms with Gasteiger partial charge < -0.3 is 20.3 Å². The third-order valence-corrected chi connectivity index (χ3v) is 5.30. The number of fused-ring (bicyclic) bond motifs is 1. The second kappa shape index (κ2) is 7.38. The van der Waals surface area contributed by atoms with Gasteiger partial charge in [-0.2, -0.15) is 5.26 Å². The van der Waals surface area contributed by atoms with Crippen LogP contribution >= 0.6 is 11.8 Å². The van der Waals surface area contributed by atoms with Crippen LogP contribution in [0.15, 0.2) is 5.03 Å². The highest BCUT2D eigenvalue weighted by molar-refractivity contribution is 8.00. The van der Waals surface area contributed by atoms with Crippen LogP contribution in [0.1, 0.15) is 16.7 Å². The van der Waals surface area contributed by atoms with Gasteiger partial charge in [-0.25, -0.2) is 4.98 Å². The highest BCUT2D eigenvalue weighted by atomic mass is 32.2. The fourth-order valence-electron chi connectivity index (χ4n) is 3.12. The van der Waals surface area contributed by atoms with Crippen molar-refractivity contribution in [1.29, 1.82) is 5.26 Å². The van der Waals surface area contributed by atoms with Gasteiger partial charge in [-0.1, -0.05) is 11.8 Å². The Morgan fingerprint density at radius 1 is 1.38 bits per heavy atom. The zero-order valence-corrected chi connectivity index (χ0v) is 14.6. The number of rotatable bonds is 4. The molecule has 1 saturated heterocycles. The number of carbonyl (C=O) groups excluding carboxylic acids is 1. The summed E-state index contributed by atoms with van der Waals surface area (Å²) in [7, 11) is 2.08. The van der Waals surface area contributed by atoms with Gasteiger partial charge in [-0.05, 0) is 19.0 Å². The van der Waals surface area contributed by atoms with Crippen molar-refractivity contribution in [3.05, 3.63) is 16.7 Å². The molecule has 0 spiro atoms. The Hall–Kier alpha value is -1.82. The van der Waals surface area contributed by atoms with Crippen LogP contribution in [-0.2, 0) is 22.5 Å². The molecule has 1 aromatic rings. The highest BCUT2D eigenvalue weighted by Gasteiger charge is 2.27. The van der Waals surface area contributed by atoms with Crippen molar-refractivity contribution in [2.24, 2.45) is 5.73 Å². The number of nitriles is 1. The van der Waals surface area contributed by atoms with Crippen molar-refractivity contribution in [3.8, 4) is 6.07 Å². The molecule has 0 saturated carbocycles. The van der Waals surface area contributed by atoms with Crippen molar-refractivity contribution in [3.63, 3.8) is 0 Å². The standard InChI is InChI=1S/C16H21N5O2S/c1-20-3-2-11-12(8-17)16(24-10-14(18)22)19-15(13(11)9-20)21-4-6-23-7-5-21/h2-7,9-10H2,1H3,(H2,18,22). The minimum atomic E-state index is -0.406. The maximum atomic E-state index is 11.1. The molecule has 128 valence electrons. The molecule has 0 atom stereocenters. The number of morpholine rings is 1. The molecule has 7 nitrogen and oxygen atoms in total. The Morgan fingerprint density at radius 2 is 2.12 bits per heavy atom. The SMILES string of the molecule is CN1CCc2c(C#N)c(SCC(N)=O)nc(N3CCOCC3)c2C1. The summed E-state index contributed by atoms with van der Waals surface area (Å²) in [5.41, 5.74) is 8.06. The molecular formula is C16H21N5O2S. The first-order valence-electron chi connectivity index (χ1n) is 7.98. The first-order chi connectivity index (χ1) is 11.6. The quantitative estimate of drug-likeness (QED) is 0.785. The van der Waals surface area contributed by atoms with Crippen LogP contribution in [0.25, 0.3) is 0 Å². The number of aromatic nitrogens is 1. The molecule has 2 aliphatic rings. The summed E-state index contributed by atoms with van der Waals surface area (Å²) in [6.07, 6.45) is 0.818. The Morgan fingerprint density at radius 3 is 2.79 bits per heavy atom. The number of pyridine rings is 1. The lowest BCUT2D eigenvalue weighted by atomic mass is 9.96. The normalized spacial score (nSPS) is 18.1. The summed E-state index contributed by atoms with van der Waals surface area (Å²) >= 11 is 1.25. The summed E-state index contributed by atoms with van der Waals surface area (Å²) < 4.78 is 5.44. The summed E-state index contributed by atoms with van der Waals surface area (Å²) in [5.74, 6) is 0.644. The van der Waals surface area contributed by atoms with Crippen LogP contribution in [0.5, 0.6) is 0 Å². The van der Waals surface area contributed by atoms with E-state index in [1.807, 2.05) is 0 Å². The van der Waals surface area contributed by atoms with Crippen LogP contribution in [0.4, 0.5) is 5.82 Å². The molecule has 0 aliphatic carbocycles. The van der Waals surface area contributed by atoms with Gasteiger partial charge in [-0.15, -0.1) is 0 Å². The average Bonchev–Trinajstić information content (AvgIpc) is 2.59. The summed E-state index contributed by atoms with van der Waals surface area (Å²) in [6, 6.07) is 2.30. The number of primary amides is 1. The maximum absolute atomic E-state index is 11.1. The predicted octanol–water partition coefficient (Wildman–Crippen LogP) is 0.355. The maximum Gasteiger partial charge on any atom is 0.227 e. The molecule has 0 aromatic carbocycles. The number of likely N-dealkylation sites (N-methyl/N-ethyl adjacent to an activating group) is 1. The number of nitrogens with two attached hydrogens (primary N) is 1. The second-order valence-electron chi connectivity index (χ2n) is 6.03. The van der Waals surface area contributed by atoms with Gasteiger partial charge in [0.05, 0.1) is 24.5 Å². The van der Waals surface area contributed by atoms with Gasteiger partial charge in [-0.3, -0.25) is 4.79 Å². The zero-order valence-electron chi connectivity index (χ0n) is 13.7. The van der Waals surface area contributed by atoms with Crippen LogP contribution in [0.3, 0.4) is 0 Å². The van der Waals surface area contributed by atoms with E-state index in [1.54, 1.807) is 0 Å². The number of anilines is 1. The minimum absolute atomic E-state index is 0.128. The van der Waals surface area contributed by atoms with E-state index in [9.17, 15) is 10.1 Å². The molecule has 1 amide bonds. The van der Waals surface area contributed by atoms with E-state index in [2.05, 4.69) is 22.9 Å². The fraction of sp³-hybridized carbons (Fsp3) is 0.562. The van der Waals surface area contributed by atoms with Gasteiger partial charge in [0.25, 0.3) is 0 Å². The molecule has 0 radical (unpaired) electrons. The summed E-state index contributed by atoms with van der Waals surface area (Å²) in [5, 5.41) is 10.3. The number of hydrogen-bond acceptors (Lipinski definition) is 7. The monoisotopic (exact) mass is 347 g/mol. The van der Waals surface area contributed by atoms with Crippen LogP contribution in [-0.4, -0.2) is 61.4 Å². The lowest BCUT2D eigenvalue weighted by Crippen LogP contribution is -2.39. The Labute approximate surface area is 145 Å². The van der Waals surface area contributed by atoms with Crippen molar-refractivity contribution in [1.82, 2.24) is 9.88 Å². The highest BCUT2D eigenvalue weighted by Crippen LogP contribution is 2.35. The molecule has 24 heavy (non-hydrogen) atoms. The van der Waals surface area contributed by atoms with Gasteiger partial charge >= 0.3 is 0 Å². The number of amides is 1. The lowest BCUT2D eigenvalue weighted by Gasteiger charge is -2.34. The molecule has 2 N–H and O–H groups in total. The van der Waals surface area contributed by atoms with E-state index in [0.29, 0.717) is 23.8 Å². The minimum Gasteiger partial charge on any atom is -0.378 e. The number of nitrogens with zero attached hydrogens (tertiary/aromatic N) is 4. The van der Waals surface area contributed by atoms with Crippen molar-refractivity contribution in [2.75, 3.05) is 50.5 Å². The first kappa shape index (κ1) is 17.0. The molecular weight excluding hydrogens is 326 g/mol.